The number of hydrogen-bond donors (Lipinski definition) is 1. The quantitative estimate of drug-likeness (QED) is 0.787. The van der Waals surface area contributed by atoms with E-state index in [1.54, 1.807) is 13.2 Å². The summed E-state index contributed by atoms with van der Waals surface area (Å²) in [5, 5.41) is 0. The Morgan fingerprint density at radius 1 is 1.56 bits per heavy atom. The summed E-state index contributed by atoms with van der Waals surface area (Å²) in [5.41, 5.74) is 5.71. The molecule has 0 aromatic heterocycles. The molecule has 1 aliphatic rings. The minimum atomic E-state index is 0. The van der Waals surface area contributed by atoms with Crippen LogP contribution in [0, 0.1) is 0 Å². The van der Waals surface area contributed by atoms with Gasteiger partial charge in [-0.3, -0.25) is 4.79 Å². The summed E-state index contributed by atoms with van der Waals surface area (Å²) in [7, 11) is 1.72. The highest BCUT2D eigenvalue weighted by Gasteiger charge is 2.30. The van der Waals surface area contributed by atoms with Crippen LogP contribution in [0.2, 0.25) is 0 Å². The van der Waals surface area contributed by atoms with Crippen LogP contribution in [0.4, 0.5) is 0 Å². The number of hydrogen-bond acceptors (Lipinski definition) is 3. The lowest BCUT2D eigenvalue weighted by Crippen LogP contribution is -2.51. The molecule has 1 fully saturated rings. The van der Waals surface area contributed by atoms with Crippen LogP contribution in [-0.2, 0) is 9.53 Å². The number of ether oxygens (including phenoxy) is 1. The van der Waals surface area contributed by atoms with Gasteiger partial charge in [-0.25, -0.2) is 0 Å². The van der Waals surface area contributed by atoms with Gasteiger partial charge < -0.3 is 15.4 Å². The zero-order chi connectivity index (χ0) is 12.0. The van der Waals surface area contributed by atoms with E-state index in [0.29, 0.717) is 13.0 Å². The van der Waals surface area contributed by atoms with Gasteiger partial charge in [-0.2, -0.15) is 0 Å². The number of likely N-dealkylation sites (tertiary alicyclic amines) is 1. The monoisotopic (exact) mass is 298 g/mol. The van der Waals surface area contributed by atoms with E-state index in [-0.39, 0.29) is 42.9 Å². The van der Waals surface area contributed by atoms with Crippen LogP contribution < -0.4 is 5.73 Å². The summed E-state index contributed by atoms with van der Waals surface area (Å²) in [6.45, 7) is 4.90. The second kappa shape index (κ2) is 10.6. The number of methoxy groups -OCH3 is 1. The topological polar surface area (TPSA) is 55.6 Å². The molecular formula is C12H24Cl2N2O2. The van der Waals surface area contributed by atoms with Crippen molar-refractivity contribution in [2.24, 2.45) is 5.73 Å². The minimum absolute atomic E-state index is 0. The Labute approximate surface area is 122 Å². The number of rotatable bonds is 5. The van der Waals surface area contributed by atoms with E-state index < -0.39 is 0 Å². The molecule has 4 nitrogen and oxygen atoms in total. The molecule has 18 heavy (non-hydrogen) atoms. The fourth-order valence-electron chi connectivity index (χ4n) is 2.15. The average Bonchev–Trinajstić information content (AvgIpc) is 2.34. The number of allylic oxidation sites excluding steroid dienone is 1. The van der Waals surface area contributed by atoms with E-state index in [4.69, 9.17) is 10.5 Å². The Balaban J connectivity index is 0. The van der Waals surface area contributed by atoms with Gasteiger partial charge in [0.1, 0.15) is 0 Å². The number of nitrogens with zero attached hydrogens (tertiary/aromatic N) is 1. The Morgan fingerprint density at radius 2 is 2.22 bits per heavy atom. The molecule has 2 unspecified atom stereocenters. The lowest BCUT2D eigenvalue weighted by Gasteiger charge is -2.38. The van der Waals surface area contributed by atoms with Crippen LogP contribution in [-0.4, -0.2) is 43.2 Å². The maximum Gasteiger partial charge on any atom is 0.223 e. The summed E-state index contributed by atoms with van der Waals surface area (Å²) in [4.78, 5) is 13.8. The van der Waals surface area contributed by atoms with Crippen molar-refractivity contribution in [1.82, 2.24) is 4.90 Å². The molecule has 1 amide bonds. The molecule has 6 heteroatoms. The number of nitrogens with two attached hydrogens (primary N) is 1. The fourth-order valence-corrected chi connectivity index (χ4v) is 2.15. The van der Waals surface area contributed by atoms with E-state index in [1.165, 1.54) is 0 Å². The first-order valence-corrected chi connectivity index (χ1v) is 5.86. The molecule has 2 N–H and O–H groups in total. The molecule has 108 valence electrons. The first-order chi connectivity index (χ1) is 7.72. The van der Waals surface area contributed by atoms with Crippen LogP contribution in [0.15, 0.2) is 12.7 Å². The van der Waals surface area contributed by atoms with Crippen LogP contribution in [0.1, 0.15) is 25.7 Å². The van der Waals surface area contributed by atoms with E-state index in [1.807, 2.05) is 4.90 Å². The van der Waals surface area contributed by atoms with Crippen molar-refractivity contribution >= 4 is 30.7 Å². The van der Waals surface area contributed by atoms with Gasteiger partial charge in [-0.15, -0.1) is 31.4 Å². The van der Waals surface area contributed by atoms with Crippen LogP contribution >= 0.6 is 24.8 Å². The molecule has 0 radical (unpaired) electrons. The van der Waals surface area contributed by atoms with Gasteiger partial charge in [0.05, 0.1) is 6.10 Å². The molecule has 0 aromatic carbocycles. The second-order valence-electron chi connectivity index (χ2n) is 4.19. The van der Waals surface area contributed by atoms with E-state index >= 15 is 0 Å². The Bertz CT molecular complexity index is 252. The van der Waals surface area contributed by atoms with Crippen LogP contribution in [0.5, 0.6) is 0 Å². The van der Waals surface area contributed by atoms with Gasteiger partial charge in [0, 0.05) is 32.7 Å². The number of carbonyl (C=O) groups excluding carboxylic acids is 1. The highest BCUT2D eigenvalue weighted by Crippen LogP contribution is 2.20. The molecular weight excluding hydrogens is 275 g/mol. The summed E-state index contributed by atoms with van der Waals surface area (Å²) in [6, 6.07) is 0.135. The van der Waals surface area contributed by atoms with E-state index in [0.717, 1.165) is 25.8 Å². The van der Waals surface area contributed by atoms with Gasteiger partial charge in [-0.1, -0.05) is 6.08 Å². The molecule has 1 rings (SSSR count). The standard InChI is InChI=1S/C12H22N2O2.2ClH/c1-3-4-5-12(15)14-7-6-11(16-2)8-10(14)9-13;;/h3,10-11H,1,4-9,13H2,2H3;2*1H. The van der Waals surface area contributed by atoms with E-state index in [2.05, 4.69) is 6.58 Å². The van der Waals surface area contributed by atoms with Crippen molar-refractivity contribution in [3.05, 3.63) is 12.7 Å². The number of carbonyl (C=O) groups is 1. The molecule has 1 heterocycles. The normalized spacial score (nSPS) is 22.7. The lowest BCUT2D eigenvalue weighted by molar-refractivity contribution is -0.136. The maximum atomic E-state index is 11.9. The van der Waals surface area contributed by atoms with Crippen molar-refractivity contribution in [1.29, 1.82) is 0 Å². The van der Waals surface area contributed by atoms with Crippen molar-refractivity contribution < 1.29 is 9.53 Å². The third-order valence-corrected chi connectivity index (χ3v) is 3.16. The van der Waals surface area contributed by atoms with Crippen molar-refractivity contribution in [2.75, 3.05) is 20.2 Å². The number of amides is 1. The Morgan fingerprint density at radius 3 is 2.72 bits per heavy atom. The van der Waals surface area contributed by atoms with Gasteiger partial charge in [0.2, 0.25) is 5.91 Å². The maximum absolute atomic E-state index is 11.9. The largest absolute Gasteiger partial charge is 0.381 e. The van der Waals surface area contributed by atoms with Crippen molar-refractivity contribution in [3.8, 4) is 0 Å². The van der Waals surface area contributed by atoms with Gasteiger partial charge >= 0.3 is 0 Å². The van der Waals surface area contributed by atoms with Crippen molar-refractivity contribution in [3.63, 3.8) is 0 Å². The zero-order valence-electron chi connectivity index (χ0n) is 10.8. The van der Waals surface area contributed by atoms with Gasteiger partial charge in [-0.05, 0) is 19.3 Å². The molecule has 1 saturated heterocycles. The Hall–Kier alpha value is -0.290. The summed E-state index contributed by atoms with van der Waals surface area (Å²) < 4.78 is 5.32. The first kappa shape index (κ1) is 20.0. The van der Waals surface area contributed by atoms with Crippen LogP contribution in [0.3, 0.4) is 0 Å². The highest BCUT2D eigenvalue weighted by molar-refractivity contribution is 5.85. The molecule has 0 aromatic rings. The molecule has 0 saturated carbocycles. The SMILES string of the molecule is C=CCCC(=O)N1CCC(OC)CC1CN.Cl.Cl. The molecule has 0 aliphatic carbocycles. The average molecular weight is 299 g/mol. The molecule has 1 aliphatic heterocycles. The van der Waals surface area contributed by atoms with Gasteiger partial charge in [0.15, 0.2) is 0 Å². The highest BCUT2D eigenvalue weighted by atomic mass is 35.5. The number of piperidine rings is 1. The first-order valence-electron chi connectivity index (χ1n) is 5.86. The summed E-state index contributed by atoms with van der Waals surface area (Å²) in [5.74, 6) is 0.185. The predicted octanol–water partition coefficient (Wildman–Crippen LogP) is 1.76. The molecule has 2 atom stereocenters. The third kappa shape index (κ3) is 5.57. The van der Waals surface area contributed by atoms with Crippen molar-refractivity contribution in [2.45, 2.75) is 37.8 Å². The van der Waals surface area contributed by atoms with Crippen LogP contribution in [0.25, 0.3) is 0 Å². The lowest BCUT2D eigenvalue weighted by atomic mass is 9.98. The molecule has 0 bridgehead atoms. The third-order valence-electron chi connectivity index (χ3n) is 3.16. The van der Waals surface area contributed by atoms with Gasteiger partial charge in [0.25, 0.3) is 0 Å². The summed E-state index contributed by atoms with van der Waals surface area (Å²) in [6.07, 6.45) is 5.06. The second-order valence-corrected chi connectivity index (χ2v) is 4.19. The smallest absolute Gasteiger partial charge is 0.223 e. The summed E-state index contributed by atoms with van der Waals surface area (Å²) >= 11 is 0. The molecule has 0 spiro atoms. The minimum Gasteiger partial charge on any atom is -0.381 e. The zero-order valence-corrected chi connectivity index (χ0v) is 12.5. The predicted molar refractivity (Wildman–Crippen MR) is 78.5 cm³/mol. The van der Waals surface area contributed by atoms with E-state index in [9.17, 15) is 4.79 Å². The number of halogens is 2. The Kier molecular flexibility index (Phi) is 11.8. The fraction of sp³-hybridized carbons (Fsp3) is 0.750.